The van der Waals surface area contributed by atoms with Crippen LogP contribution in [0.5, 0.6) is 0 Å². The maximum atomic E-state index is 13.1. The Morgan fingerprint density at radius 3 is 2.34 bits per heavy atom. The highest BCUT2D eigenvalue weighted by atomic mass is 16.1. The molecule has 0 aliphatic heterocycles. The number of hydrazone groups is 1. The smallest absolute Gasteiger partial charge is 0.255 e. The maximum Gasteiger partial charge on any atom is 0.255 e. The number of rotatable bonds is 6. The fourth-order valence-corrected chi connectivity index (χ4v) is 4.55. The number of nitrogens with one attached hydrogen (secondary N) is 3. The molecule has 208 valence electrons. The second-order valence-electron chi connectivity index (χ2n) is 10.7. The Morgan fingerprint density at radius 2 is 1.68 bits per heavy atom. The predicted molar refractivity (Wildman–Crippen MR) is 164 cm³/mol. The van der Waals surface area contributed by atoms with Gasteiger partial charge in [-0.2, -0.15) is 5.10 Å². The number of hydrogen-bond donors (Lipinski definition) is 5. The summed E-state index contributed by atoms with van der Waals surface area (Å²) in [4.78, 5) is 22.5. The van der Waals surface area contributed by atoms with Crippen molar-refractivity contribution in [2.24, 2.45) is 16.8 Å². The van der Waals surface area contributed by atoms with Crippen molar-refractivity contribution in [1.82, 2.24) is 19.8 Å². The van der Waals surface area contributed by atoms with Crippen molar-refractivity contribution in [3.63, 3.8) is 0 Å². The highest BCUT2D eigenvalue weighted by Gasteiger charge is 2.17. The summed E-state index contributed by atoms with van der Waals surface area (Å²) in [7, 11) is 0. The molecule has 0 saturated carbocycles. The number of benzene rings is 3. The molecule has 0 fully saturated rings. The van der Waals surface area contributed by atoms with Crippen LogP contribution in [-0.4, -0.2) is 26.1 Å². The molecular weight excluding hydrogens is 514 g/mol. The molecule has 41 heavy (non-hydrogen) atoms. The van der Waals surface area contributed by atoms with E-state index in [0.29, 0.717) is 22.9 Å². The molecule has 5 aromatic rings. The van der Waals surface area contributed by atoms with Crippen LogP contribution in [0.1, 0.15) is 47.8 Å². The van der Waals surface area contributed by atoms with Crippen LogP contribution in [0, 0.1) is 6.92 Å². The number of imidazole rings is 1. The molecule has 2 aromatic heterocycles. The second-order valence-corrected chi connectivity index (χ2v) is 10.7. The number of amidine groups is 1. The summed E-state index contributed by atoms with van der Waals surface area (Å²) in [5.74, 6) is 11.6. The SMILES string of the molecule is Cc1c(NC(=O)c2ccc(C(C)(C)C)cc2)cccc1-c1cn2ccnc2c(Nc2ccc(/C(=N/N)NN)cc2)n1. The van der Waals surface area contributed by atoms with Gasteiger partial charge in [-0.3, -0.25) is 4.79 Å². The summed E-state index contributed by atoms with van der Waals surface area (Å²) in [5.41, 5.74) is 9.72. The third-order valence-electron chi connectivity index (χ3n) is 6.93. The van der Waals surface area contributed by atoms with Crippen molar-refractivity contribution in [1.29, 1.82) is 0 Å². The molecule has 2 heterocycles. The van der Waals surface area contributed by atoms with E-state index in [1.165, 1.54) is 5.56 Å². The van der Waals surface area contributed by atoms with Gasteiger partial charge in [-0.15, -0.1) is 0 Å². The predicted octanol–water partition coefficient (Wildman–Crippen LogP) is 5.08. The third-order valence-corrected chi connectivity index (χ3v) is 6.93. The van der Waals surface area contributed by atoms with Crippen LogP contribution in [0.3, 0.4) is 0 Å². The van der Waals surface area contributed by atoms with E-state index >= 15 is 0 Å². The van der Waals surface area contributed by atoms with Crippen LogP contribution in [-0.2, 0) is 5.41 Å². The maximum absolute atomic E-state index is 13.1. The van der Waals surface area contributed by atoms with Gasteiger partial charge in [-0.1, -0.05) is 45.0 Å². The van der Waals surface area contributed by atoms with E-state index in [0.717, 1.165) is 33.8 Å². The first kappa shape index (κ1) is 27.4. The minimum atomic E-state index is -0.165. The van der Waals surface area contributed by atoms with Crippen molar-refractivity contribution in [2.75, 3.05) is 10.6 Å². The second kappa shape index (κ2) is 11.1. The molecule has 0 aliphatic rings. The average molecular weight is 548 g/mol. The highest BCUT2D eigenvalue weighted by molar-refractivity contribution is 6.05. The van der Waals surface area contributed by atoms with Crippen LogP contribution in [0.2, 0.25) is 0 Å². The Hall–Kier alpha value is -5.22. The summed E-state index contributed by atoms with van der Waals surface area (Å²) in [6.45, 7) is 8.42. The van der Waals surface area contributed by atoms with Gasteiger partial charge in [0.2, 0.25) is 0 Å². The van der Waals surface area contributed by atoms with Crippen molar-refractivity contribution in [3.05, 3.63) is 108 Å². The van der Waals surface area contributed by atoms with Crippen molar-refractivity contribution in [3.8, 4) is 11.3 Å². The molecule has 0 saturated heterocycles. The molecule has 0 radical (unpaired) electrons. The summed E-state index contributed by atoms with van der Waals surface area (Å²) in [5, 5.41) is 10.1. The van der Waals surface area contributed by atoms with E-state index in [-0.39, 0.29) is 11.3 Å². The van der Waals surface area contributed by atoms with E-state index in [1.54, 1.807) is 6.20 Å². The number of aromatic nitrogens is 3. The Morgan fingerprint density at radius 1 is 0.976 bits per heavy atom. The van der Waals surface area contributed by atoms with Crippen LogP contribution in [0.4, 0.5) is 17.2 Å². The van der Waals surface area contributed by atoms with Crippen LogP contribution < -0.4 is 27.7 Å². The minimum absolute atomic E-state index is 0.0191. The number of carbonyl (C=O) groups is 1. The van der Waals surface area contributed by atoms with Gasteiger partial charge in [0.1, 0.15) is 0 Å². The summed E-state index contributed by atoms with van der Waals surface area (Å²) in [6.07, 6.45) is 5.51. The number of hydrogen-bond acceptors (Lipinski definition) is 7. The molecule has 7 N–H and O–H groups in total. The molecule has 10 nitrogen and oxygen atoms in total. The van der Waals surface area contributed by atoms with E-state index in [2.05, 4.69) is 46.9 Å². The first-order valence-electron chi connectivity index (χ1n) is 13.2. The van der Waals surface area contributed by atoms with E-state index in [4.69, 9.17) is 16.7 Å². The monoisotopic (exact) mass is 547 g/mol. The Kier molecular flexibility index (Phi) is 7.41. The first-order chi connectivity index (χ1) is 19.7. The lowest BCUT2D eigenvalue weighted by molar-refractivity contribution is 0.102. The highest BCUT2D eigenvalue weighted by Crippen LogP contribution is 2.31. The van der Waals surface area contributed by atoms with E-state index in [9.17, 15) is 4.79 Å². The molecular formula is C31H33N9O. The average Bonchev–Trinajstić information content (AvgIpc) is 3.44. The third kappa shape index (κ3) is 5.73. The van der Waals surface area contributed by atoms with Gasteiger partial charge in [-0.05, 0) is 65.9 Å². The van der Waals surface area contributed by atoms with Crippen LogP contribution >= 0.6 is 0 Å². The fraction of sp³-hybridized carbons (Fsp3) is 0.161. The number of nitrogens with zero attached hydrogens (tertiary/aromatic N) is 4. The summed E-state index contributed by atoms with van der Waals surface area (Å²) in [6, 6.07) is 21.0. The fourth-order valence-electron chi connectivity index (χ4n) is 4.55. The zero-order valence-corrected chi connectivity index (χ0v) is 23.4. The zero-order valence-electron chi connectivity index (χ0n) is 23.4. The minimum Gasteiger partial charge on any atom is -0.337 e. The Balaban J connectivity index is 1.43. The molecule has 0 atom stereocenters. The number of anilines is 3. The number of fused-ring (bicyclic) bond motifs is 1. The van der Waals surface area contributed by atoms with Crippen molar-refractivity contribution >= 4 is 34.6 Å². The van der Waals surface area contributed by atoms with Gasteiger partial charge in [0, 0.05) is 46.7 Å². The van der Waals surface area contributed by atoms with Gasteiger partial charge >= 0.3 is 0 Å². The number of hydrazine groups is 1. The molecule has 5 rings (SSSR count). The quantitative estimate of drug-likeness (QED) is 0.0861. The van der Waals surface area contributed by atoms with Gasteiger partial charge in [0.05, 0.1) is 5.69 Å². The molecule has 0 bridgehead atoms. The van der Waals surface area contributed by atoms with Gasteiger partial charge in [0.15, 0.2) is 17.3 Å². The number of amides is 1. The summed E-state index contributed by atoms with van der Waals surface area (Å²) >= 11 is 0. The van der Waals surface area contributed by atoms with Crippen LogP contribution in [0.25, 0.3) is 16.9 Å². The molecule has 0 spiro atoms. The normalized spacial score (nSPS) is 11.9. The van der Waals surface area contributed by atoms with Crippen LogP contribution in [0.15, 0.2) is 90.4 Å². The van der Waals surface area contributed by atoms with E-state index < -0.39 is 0 Å². The Bertz CT molecular complexity index is 1730. The lowest BCUT2D eigenvalue weighted by Gasteiger charge is -2.19. The Labute approximate surface area is 238 Å². The zero-order chi connectivity index (χ0) is 29.1. The number of carbonyl (C=O) groups excluding carboxylic acids is 1. The van der Waals surface area contributed by atoms with Gasteiger partial charge in [-0.25, -0.2) is 15.8 Å². The molecule has 1 amide bonds. The molecule has 3 aromatic carbocycles. The largest absolute Gasteiger partial charge is 0.337 e. The first-order valence-corrected chi connectivity index (χ1v) is 13.2. The molecule has 0 unspecified atom stereocenters. The van der Waals surface area contributed by atoms with Crippen molar-refractivity contribution in [2.45, 2.75) is 33.1 Å². The van der Waals surface area contributed by atoms with E-state index in [1.807, 2.05) is 90.4 Å². The topological polar surface area (TPSA) is 148 Å². The van der Waals surface area contributed by atoms with Gasteiger partial charge < -0.3 is 26.3 Å². The summed E-state index contributed by atoms with van der Waals surface area (Å²) < 4.78 is 1.91. The standard InChI is InChI=1S/C31H33N9O/c1-19-24(6-5-7-25(19)37-30(41)21-8-12-22(13-9-21)31(2,3)4)26-18-40-17-16-34-29(40)28(36-26)35-23-14-10-20(11-15-23)27(38-32)39-33/h5-18H,32-33H2,1-4H3,(H,35,36)(H,37,41)(H,38,39). The number of nitrogens with two attached hydrogens (primary N) is 2. The molecule has 10 heteroatoms. The van der Waals surface area contributed by atoms with Crippen molar-refractivity contribution < 1.29 is 4.79 Å². The van der Waals surface area contributed by atoms with Gasteiger partial charge in [0.25, 0.3) is 5.91 Å². The lowest BCUT2D eigenvalue weighted by Crippen LogP contribution is -2.31. The molecule has 0 aliphatic carbocycles. The lowest BCUT2D eigenvalue weighted by atomic mass is 9.86.